The quantitative estimate of drug-likeness (QED) is 0.154. The van der Waals surface area contributed by atoms with Crippen molar-refractivity contribution in [1.29, 1.82) is 0 Å². The largest absolute Gasteiger partial charge is 0.482 e. The standard InChI is InChI=1S/C21H12Cl5N3O5S2/c22-14-15(23)17(25)19(18(26)16(14)24)33-9-11-3-6-13(34-11)20(30)28-10-1-4-12(5-2-10)36(31,32)29-21-27-7-8-35-21/h1-8H,9H2,(H,27,29)(H,28,30). The van der Waals surface area contributed by atoms with E-state index in [1.807, 2.05) is 0 Å². The topological polar surface area (TPSA) is 111 Å². The van der Waals surface area contributed by atoms with Crippen molar-refractivity contribution in [2.75, 3.05) is 10.0 Å². The first-order chi connectivity index (χ1) is 17.1. The summed E-state index contributed by atoms with van der Waals surface area (Å²) in [5.74, 6) is -0.282. The highest BCUT2D eigenvalue weighted by atomic mass is 35.5. The van der Waals surface area contributed by atoms with Gasteiger partial charge in [-0.2, -0.15) is 0 Å². The molecule has 36 heavy (non-hydrogen) atoms. The monoisotopic (exact) mass is 625 g/mol. The van der Waals surface area contributed by atoms with E-state index in [4.69, 9.17) is 67.2 Å². The highest BCUT2D eigenvalue weighted by Crippen LogP contribution is 2.48. The summed E-state index contributed by atoms with van der Waals surface area (Å²) in [6.07, 6.45) is 1.49. The number of halogens is 5. The van der Waals surface area contributed by atoms with Gasteiger partial charge in [0.25, 0.3) is 15.9 Å². The molecule has 4 aromatic rings. The van der Waals surface area contributed by atoms with Crippen LogP contribution in [0.25, 0.3) is 0 Å². The van der Waals surface area contributed by atoms with Crippen molar-refractivity contribution >= 4 is 96.1 Å². The molecule has 2 aromatic carbocycles. The van der Waals surface area contributed by atoms with Gasteiger partial charge < -0.3 is 14.5 Å². The predicted molar refractivity (Wildman–Crippen MR) is 142 cm³/mol. The van der Waals surface area contributed by atoms with Crippen LogP contribution in [0.15, 0.2) is 57.3 Å². The number of ether oxygens (including phenoxy) is 1. The molecule has 2 heterocycles. The summed E-state index contributed by atoms with van der Waals surface area (Å²) in [6, 6.07) is 8.55. The third-order valence-electron chi connectivity index (χ3n) is 4.49. The summed E-state index contributed by atoms with van der Waals surface area (Å²) in [5, 5.41) is 4.44. The van der Waals surface area contributed by atoms with Crippen LogP contribution in [0.3, 0.4) is 0 Å². The Balaban J connectivity index is 1.40. The zero-order valence-electron chi connectivity index (χ0n) is 17.5. The summed E-state index contributed by atoms with van der Waals surface area (Å²) in [5.41, 5.74) is 0.353. The van der Waals surface area contributed by atoms with Crippen LogP contribution in [-0.2, 0) is 16.6 Å². The minimum Gasteiger partial charge on any atom is -0.482 e. The van der Waals surface area contributed by atoms with Crippen molar-refractivity contribution in [3.63, 3.8) is 0 Å². The number of aromatic nitrogens is 1. The molecule has 15 heteroatoms. The van der Waals surface area contributed by atoms with Gasteiger partial charge in [-0.25, -0.2) is 13.4 Å². The number of carbonyl (C=O) groups is 1. The minimum atomic E-state index is -3.81. The van der Waals surface area contributed by atoms with Gasteiger partial charge in [-0.3, -0.25) is 9.52 Å². The second-order valence-electron chi connectivity index (χ2n) is 6.87. The van der Waals surface area contributed by atoms with Gasteiger partial charge in [0.1, 0.15) is 22.4 Å². The van der Waals surface area contributed by atoms with Crippen LogP contribution in [0.5, 0.6) is 5.75 Å². The molecule has 0 saturated carbocycles. The zero-order valence-corrected chi connectivity index (χ0v) is 22.9. The first kappa shape index (κ1) is 26.9. The lowest BCUT2D eigenvalue weighted by atomic mass is 10.3. The number of amides is 1. The lowest BCUT2D eigenvalue weighted by Gasteiger charge is -2.12. The van der Waals surface area contributed by atoms with Gasteiger partial charge in [0.05, 0.1) is 20.0 Å². The van der Waals surface area contributed by atoms with Crippen molar-refractivity contribution < 1.29 is 22.4 Å². The molecule has 1 amide bonds. The Bertz CT molecular complexity index is 1500. The van der Waals surface area contributed by atoms with E-state index in [-0.39, 0.29) is 59.0 Å². The van der Waals surface area contributed by atoms with Crippen LogP contribution in [0.4, 0.5) is 10.8 Å². The van der Waals surface area contributed by atoms with Crippen LogP contribution < -0.4 is 14.8 Å². The average molecular weight is 628 g/mol. The molecule has 2 aromatic heterocycles. The van der Waals surface area contributed by atoms with E-state index in [1.54, 1.807) is 5.38 Å². The number of thiazole rings is 1. The number of rotatable bonds is 8. The van der Waals surface area contributed by atoms with Gasteiger partial charge in [-0.1, -0.05) is 58.0 Å². The van der Waals surface area contributed by atoms with Gasteiger partial charge in [0.15, 0.2) is 16.6 Å². The third-order valence-corrected chi connectivity index (χ3v) is 8.90. The lowest BCUT2D eigenvalue weighted by Crippen LogP contribution is -2.13. The number of nitrogens with zero attached hydrogens (tertiary/aromatic N) is 1. The van der Waals surface area contributed by atoms with E-state index in [9.17, 15) is 13.2 Å². The van der Waals surface area contributed by atoms with E-state index in [0.717, 1.165) is 11.3 Å². The Morgan fingerprint density at radius 1 is 0.944 bits per heavy atom. The van der Waals surface area contributed by atoms with Crippen LogP contribution in [0, 0.1) is 0 Å². The van der Waals surface area contributed by atoms with Crippen LogP contribution in [-0.4, -0.2) is 19.3 Å². The molecular weight excluding hydrogens is 616 g/mol. The van der Waals surface area contributed by atoms with E-state index in [2.05, 4.69) is 15.0 Å². The molecule has 4 rings (SSSR count). The van der Waals surface area contributed by atoms with Crippen molar-refractivity contribution in [3.05, 3.63) is 84.6 Å². The molecule has 0 radical (unpaired) electrons. The molecule has 2 N–H and O–H groups in total. The summed E-state index contributed by atoms with van der Waals surface area (Å²) >= 11 is 31.4. The number of benzene rings is 2. The van der Waals surface area contributed by atoms with E-state index >= 15 is 0 Å². The Kier molecular flexibility index (Phi) is 8.25. The molecular formula is C21H12Cl5N3O5S2. The molecule has 0 spiro atoms. The van der Waals surface area contributed by atoms with Crippen LogP contribution >= 0.6 is 69.3 Å². The lowest BCUT2D eigenvalue weighted by molar-refractivity contribution is 0.0992. The Morgan fingerprint density at radius 2 is 1.58 bits per heavy atom. The van der Waals surface area contributed by atoms with Crippen molar-refractivity contribution in [2.45, 2.75) is 11.5 Å². The number of anilines is 2. The molecule has 0 saturated heterocycles. The number of furan rings is 1. The van der Waals surface area contributed by atoms with E-state index in [0.29, 0.717) is 5.69 Å². The average Bonchev–Trinajstić information content (AvgIpc) is 3.54. The first-order valence-corrected chi connectivity index (χ1v) is 13.9. The highest BCUT2D eigenvalue weighted by Gasteiger charge is 2.21. The molecule has 0 unspecified atom stereocenters. The van der Waals surface area contributed by atoms with Crippen molar-refractivity contribution in [1.82, 2.24) is 4.98 Å². The normalized spacial score (nSPS) is 11.4. The number of hydrogen-bond acceptors (Lipinski definition) is 7. The molecule has 0 aliphatic rings. The predicted octanol–water partition coefficient (Wildman–Crippen LogP) is 7.64. The fourth-order valence-electron chi connectivity index (χ4n) is 2.79. The van der Waals surface area contributed by atoms with Gasteiger partial charge in [-0.15, -0.1) is 11.3 Å². The van der Waals surface area contributed by atoms with Crippen molar-refractivity contribution in [2.24, 2.45) is 0 Å². The number of carbonyl (C=O) groups excluding carboxylic acids is 1. The van der Waals surface area contributed by atoms with Crippen LogP contribution in [0.1, 0.15) is 16.3 Å². The van der Waals surface area contributed by atoms with Gasteiger partial charge in [0, 0.05) is 17.3 Å². The molecule has 0 aliphatic heterocycles. The number of nitrogens with one attached hydrogen (secondary N) is 2. The molecule has 8 nitrogen and oxygen atoms in total. The van der Waals surface area contributed by atoms with Gasteiger partial charge in [-0.05, 0) is 36.4 Å². The Labute approximate surface area is 234 Å². The Hall–Kier alpha value is -2.18. The number of sulfonamides is 1. The Morgan fingerprint density at radius 3 is 2.19 bits per heavy atom. The van der Waals surface area contributed by atoms with Crippen LogP contribution in [0.2, 0.25) is 25.1 Å². The molecule has 0 bridgehead atoms. The molecule has 0 fully saturated rings. The zero-order chi connectivity index (χ0) is 26.0. The fourth-order valence-corrected chi connectivity index (χ4v) is 5.81. The fraction of sp³-hybridized carbons (Fsp3) is 0.0476. The maximum Gasteiger partial charge on any atom is 0.291 e. The van der Waals surface area contributed by atoms with Gasteiger partial charge >= 0.3 is 0 Å². The number of hydrogen-bond donors (Lipinski definition) is 2. The maximum absolute atomic E-state index is 12.6. The summed E-state index contributed by atoms with van der Waals surface area (Å²) in [4.78, 5) is 16.5. The molecule has 188 valence electrons. The molecule has 0 atom stereocenters. The maximum atomic E-state index is 12.6. The minimum absolute atomic E-state index is 0.000878. The van der Waals surface area contributed by atoms with Gasteiger partial charge in [0.2, 0.25) is 0 Å². The smallest absolute Gasteiger partial charge is 0.291 e. The van der Waals surface area contributed by atoms with E-state index in [1.165, 1.54) is 42.6 Å². The summed E-state index contributed by atoms with van der Waals surface area (Å²) in [7, 11) is -3.81. The summed E-state index contributed by atoms with van der Waals surface area (Å²) in [6.45, 7) is -0.139. The summed E-state index contributed by atoms with van der Waals surface area (Å²) < 4.78 is 38.3. The van der Waals surface area contributed by atoms with E-state index < -0.39 is 15.9 Å². The van der Waals surface area contributed by atoms with Crippen molar-refractivity contribution in [3.8, 4) is 5.75 Å². The SMILES string of the molecule is O=C(Nc1ccc(S(=O)(=O)Nc2nccs2)cc1)c1ccc(COc2c(Cl)c(Cl)c(Cl)c(Cl)c2Cl)o1. The third kappa shape index (κ3) is 5.86. The highest BCUT2D eigenvalue weighted by molar-refractivity contribution is 7.93. The first-order valence-electron chi connectivity index (χ1n) is 9.63. The second-order valence-corrected chi connectivity index (χ2v) is 11.3. The second kappa shape index (κ2) is 11.1. The molecule has 0 aliphatic carbocycles.